The van der Waals surface area contributed by atoms with E-state index in [4.69, 9.17) is 0 Å². The molecule has 0 aliphatic carbocycles. The van der Waals surface area contributed by atoms with E-state index in [9.17, 15) is 13.2 Å². The average Bonchev–Trinajstić information content (AvgIpc) is 2.61. The Balaban J connectivity index is 2.42. The summed E-state index contributed by atoms with van der Waals surface area (Å²) in [6.07, 6.45) is 2.40. The molecule has 1 aliphatic rings. The van der Waals surface area contributed by atoms with Gasteiger partial charge in [0.2, 0.25) is 5.91 Å². The Kier molecular flexibility index (Phi) is 6.53. The molecule has 1 aromatic rings. The minimum absolute atomic E-state index is 0.0642. The first-order valence-corrected chi connectivity index (χ1v) is 10.0. The van der Waals surface area contributed by atoms with Crippen LogP contribution >= 0.6 is 0 Å². The zero-order valence-electron chi connectivity index (χ0n) is 16.1. The van der Waals surface area contributed by atoms with Gasteiger partial charge in [0.25, 0.3) is 10.2 Å². The van der Waals surface area contributed by atoms with Crippen molar-refractivity contribution in [2.45, 2.75) is 38.8 Å². The number of nitrogens with one attached hydrogen (secondary N) is 1. The summed E-state index contributed by atoms with van der Waals surface area (Å²) < 4.78 is 28.1. The second-order valence-electron chi connectivity index (χ2n) is 6.64. The summed E-state index contributed by atoms with van der Waals surface area (Å²) >= 11 is 0. The maximum Gasteiger partial charge on any atom is 0.282 e. The standard InChI is InChI=1S/C16H28N6O3S/c1-12(23)21(5)11-13-10-15(17-2)19-16(18-13)14-8-6-7-9-22(14)26(24,25)20(3)4/h10,14H,6-9,11H2,1-5H3,(H,17,18,19). The highest BCUT2D eigenvalue weighted by Crippen LogP contribution is 2.32. The molecule has 9 nitrogen and oxygen atoms in total. The van der Waals surface area contributed by atoms with E-state index in [0.717, 1.165) is 12.8 Å². The average molecular weight is 385 g/mol. The van der Waals surface area contributed by atoms with Crippen LogP contribution in [0, 0.1) is 0 Å². The molecular formula is C16H28N6O3S. The molecule has 1 aromatic heterocycles. The number of amides is 1. The molecule has 1 N–H and O–H groups in total. The van der Waals surface area contributed by atoms with Crippen molar-refractivity contribution in [3.05, 3.63) is 17.6 Å². The van der Waals surface area contributed by atoms with Crippen LogP contribution in [0.1, 0.15) is 43.7 Å². The smallest absolute Gasteiger partial charge is 0.282 e. The molecule has 146 valence electrons. The first-order valence-electron chi connectivity index (χ1n) is 8.63. The van der Waals surface area contributed by atoms with E-state index in [0.29, 0.717) is 36.8 Å². The van der Waals surface area contributed by atoms with Gasteiger partial charge in [0, 0.05) is 47.7 Å². The maximum atomic E-state index is 12.7. The molecule has 1 fully saturated rings. The lowest BCUT2D eigenvalue weighted by atomic mass is 10.0. The van der Waals surface area contributed by atoms with Crippen molar-refractivity contribution in [3.8, 4) is 0 Å². The largest absolute Gasteiger partial charge is 0.373 e. The van der Waals surface area contributed by atoms with E-state index in [2.05, 4.69) is 15.3 Å². The Morgan fingerprint density at radius 1 is 1.31 bits per heavy atom. The third-order valence-electron chi connectivity index (χ3n) is 4.50. The monoisotopic (exact) mass is 384 g/mol. The summed E-state index contributed by atoms with van der Waals surface area (Å²) in [6.45, 7) is 2.28. The summed E-state index contributed by atoms with van der Waals surface area (Å²) in [4.78, 5) is 22.2. The van der Waals surface area contributed by atoms with Crippen LogP contribution in [0.15, 0.2) is 6.07 Å². The molecule has 0 saturated carbocycles. The second kappa shape index (κ2) is 8.28. The molecular weight excluding hydrogens is 356 g/mol. The molecule has 1 atom stereocenters. The summed E-state index contributed by atoms with van der Waals surface area (Å²) in [7, 11) is 2.94. The molecule has 1 saturated heterocycles. The van der Waals surface area contributed by atoms with Gasteiger partial charge in [0.1, 0.15) is 11.6 Å². The van der Waals surface area contributed by atoms with Crippen LogP contribution in [0.5, 0.6) is 0 Å². The molecule has 26 heavy (non-hydrogen) atoms. The van der Waals surface area contributed by atoms with Crippen molar-refractivity contribution in [1.82, 2.24) is 23.5 Å². The number of carbonyl (C=O) groups excluding carboxylic acids is 1. The van der Waals surface area contributed by atoms with Crippen molar-refractivity contribution >= 4 is 21.9 Å². The van der Waals surface area contributed by atoms with Crippen LogP contribution in [0.25, 0.3) is 0 Å². The van der Waals surface area contributed by atoms with Crippen LogP contribution in [-0.2, 0) is 21.5 Å². The Labute approximate surface area is 155 Å². The van der Waals surface area contributed by atoms with Gasteiger partial charge < -0.3 is 10.2 Å². The van der Waals surface area contributed by atoms with Gasteiger partial charge in [-0.2, -0.15) is 17.0 Å². The second-order valence-corrected chi connectivity index (χ2v) is 8.74. The zero-order valence-corrected chi connectivity index (χ0v) is 16.9. The highest BCUT2D eigenvalue weighted by Gasteiger charge is 2.36. The van der Waals surface area contributed by atoms with Crippen LogP contribution in [0.4, 0.5) is 5.82 Å². The molecule has 10 heteroatoms. The number of anilines is 1. The van der Waals surface area contributed by atoms with E-state index >= 15 is 0 Å². The lowest BCUT2D eigenvalue weighted by molar-refractivity contribution is -0.128. The van der Waals surface area contributed by atoms with Crippen molar-refractivity contribution in [3.63, 3.8) is 0 Å². The number of piperidine rings is 1. The van der Waals surface area contributed by atoms with Crippen molar-refractivity contribution in [2.24, 2.45) is 0 Å². The number of carbonyl (C=O) groups is 1. The van der Waals surface area contributed by atoms with Gasteiger partial charge in [-0.1, -0.05) is 6.42 Å². The normalized spacial score (nSPS) is 18.8. The number of rotatable bonds is 6. The molecule has 1 amide bonds. The van der Waals surface area contributed by atoms with E-state index in [1.54, 1.807) is 25.1 Å². The summed E-state index contributed by atoms with van der Waals surface area (Å²) in [5.74, 6) is 1.01. The molecule has 0 spiro atoms. The lowest BCUT2D eigenvalue weighted by Crippen LogP contribution is -2.45. The number of nitrogens with zero attached hydrogens (tertiary/aromatic N) is 5. The first-order chi connectivity index (χ1) is 12.2. The number of hydrogen-bond donors (Lipinski definition) is 1. The van der Waals surface area contributed by atoms with Crippen molar-refractivity contribution in [2.75, 3.05) is 40.1 Å². The number of hydrogen-bond acceptors (Lipinski definition) is 6. The SMILES string of the molecule is CNc1cc(CN(C)C(C)=O)nc(C2CCCCN2S(=O)(=O)N(C)C)n1. The van der Waals surface area contributed by atoms with Gasteiger partial charge in [0.05, 0.1) is 18.3 Å². The number of aromatic nitrogens is 2. The molecule has 0 radical (unpaired) electrons. The van der Waals surface area contributed by atoms with Crippen molar-refractivity contribution < 1.29 is 13.2 Å². The summed E-state index contributed by atoms with van der Waals surface area (Å²) in [6, 6.07) is 1.36. The molecule has 2 rings (SSSR count). The van der Waals surface area contributed by atoms with Crippen molar-refractivity contribution in [1.29, 1.82) is 0 Å². The summed E-state index contributed by atoms with van der Waals surface area (Å²) in [5, 5.41) is 2.99. The van der Waals surface area contributed by atoms with Gasteiger partial charge in [0.15, 0.2) is 0 Å². The molecule has 1 aliphatic heterocycles. The third-order valence-corrected chi connectivity index (χ3v) is 6.45. The Bertz CT molecular complexity index is 752. The van der Waals surface area contributed by atoms with Crippen LogP contribution in [-0.4, -0.2) is 72.5 Å². The minimum Gasteiger partial charge on any atom is -0.373 e. The Morgan fingerprint density at radius 3 is 2.58 bits per heavy atom. The van der Waals surface area contributed by atoms with E-state index < -0.39 is 16.3 Å². The Morgan fingerprint density at radius 2 is 2.00 bits per heavy atom. The Hall–Kier alpha value is -1.78. The van der Waals surface area contributed by atoms with Crippen LogP contribution < -0.4 is 5.32 Å². The highest BCUT2D eigenvalue weighted by atomic mass is 32.2. The molecule has 1 unspecified atom stereocenters. The van der Waals surface area contributed by atoms with Gasteiger partial charge in [-0.25, -0.2) is 9.97 Å². The molecule has 2 heterocycles. The fourth-order valence-electron chi connectivity index (χ4n) is 2.88. The third kappa shape index (κ3) is 4.49. The summed E-state index contributed by atoms with van der Waals surface area (Å²) in [5.41, 5.74) is 0.671. The quantitative estimate of drug-likeness (QED) is 0.780. The maximum absolute atomic E-state index is 12.7. The predicted octanol–water partition coefficient (Wildman–Crippen LogP) is 0.830. The van der Waals surface area contributed by atoms with E-state index in [-0.39, 0.29) is 5.91 Å². The van der Waals surface area contributed by atoms with E-state index in [1.165, 1.54) is 29.6 Å². The first kappa shape index (κ1) is 20.5. The molecule has 0 bridgehead atoms. The lowest BCUT2D eigenvalue weighted by Gasteiger charge is -2.35. The molecule has 0 aromatic carbocycles. The van der Waals surface area contributed by atoms with Gasteiger partial charge in [-0.3, -0.25) is 4.79 Å². The van der Waals surface area contributed by atoms with Gasteiger partial charge >= 0.3 is 0 Å². The van der Waals surface area contributed by atoms with Gasteiger partial charge in [-0.05, 0) is 12.8 Å². The minimum atomic E-state index is -3.56. The zero-order chi connectivity index (χ0) is 19.5. The predicted molar refractivity (Wildman–Crippen MR) is 99.6 cm³/mol. The topological polar surface area (TPSA) is 98.7 Å². The van der Waals surface area contributed by atoms with Crippen LogP contribution in [0.2, 0.25) is 0 Å². The van der Waals surface area contributed by atoms with E-state index in [1.807, 2.05) is 0 Å². The highest BCUT2D eigenvalue weighted by molar-refractivity contribution is 7.86. The van der Waals surface area contributed by atoms with Crippen LogP contribution in [0.3, 0.4) is 0 Å². The fraction of sp³-hybridized carbons (Fsp3) is 0.688. The fourth-order valence-corrected chi connectivity index (χ4v) is 4.18. The van der Waals surface area contributed by atoms with Gasteiger partial charge in [-0.15, -0.1) is 0 Å².